The van der Waals surface area contributed by atoms with Gasteiger partial charge in [0.25, 0.3) is 10.0 Å². The summed E-state index contributed by atoms with van der Waals surface area (Å²) in [5, 5.41) is 5.61. The first-order chi connectivity index (χ1) is 22.2. The minimum absolute atomic E-state index is 0.0302. The number of benzene rings is 4. The lowest BCUT2D eigenvalue weighted by atomic mass is 9.94. The van der Waals surface area contributed by atoms with Crippen LogP contribution in [0.2, 0.25) is 10.0 Å². The fraction of sp³-hybridized carbons (Fsp3) is 0.333. The lowest BCUT2D eigenvalue weighted by Gasteiger charge is -2.34. The molecule has 1 aliphatic carbocycles. The quantitative estimate of drug-likeness (QED) is 0.178. The van der Waals surface area contributed by atoms with Gasteiger partial charge in [-0.3, -0.25) is 13.9 Å². The van der Waals surface area contributed by atoms with Crippen LogP contribution in [0.1, 0.15) is 56.1 Å². The average Bonchev–Trinajstić information content (AvgIpc) is 3.28. The summed E-state index contributed by atoms with van der Waals surface area (Å²) in [5.41, 5.74) is 2.10. The van der Waals surface area contributed by atoms with Gasteiger partial charge in [0, 0.05) is 53.0 Å². The maximum atomic E-state index is 14.2. The number of nitrogens with one attached hydrogen (secondary N) is 1. The summed E-state index contributed by atoms with van der Waals surface area (Å²) < 4.78 is 28.5. The maximum absolute atomic E-state index is 14.2. The summed E-state index contributed by atoms with van der Waals surface area (Å²) in [7, 11) is -3.75. The largest absolute Gasteiger partial charge is 0.352 e. The number of hydrogen-bond donors (Lipinski definition) is 1. The molecule has 0 saturated heterocycles. The predicted octanol–water partition coefficient (Wildman–Crippen LogP) is 7.52. The number of anilines is 1. The SMILES string of the molecule is O=C(NC1CCCCC1)[C@@H](Cc1ccccc1)N(Cc1c(Cl)cccc1Cl)C(=O)CCCN1c2cccc3cccc(c23)S1(=O)=O. The second kappa shape index (κ2) is 14.0. The Morgan fingerprint density at radius 3 is 2.26 bits per heavy atom. The van der Waals surface area contributed by atoms with Crippen LogP contribution in [0.3, 0.4) is 0 Å². The number of sulfonamides is 1. The van der Waals surface area contributed by atoms with E-state index in [1.54, 1.807) is 41.3 Å². The van der Waals surface area contributed by atoms with Gasteiger partial charge in [0.05, 0.1) is 10.6 Å². The minimum atomic E-state index is -3.75. The van der Waals surface area contributed by atoms with Crippen LogP contribution < -0.4 is 9.62 Å². The fourth-order valence-electron chi connectivity index (χ4n) is 6.67. The Morgan fingerprint density at radius 1 is 0.870 bits per heavy atom. The van der Waals surface area contributed by atoms with E-state index in [4.69, 9.17) is 23.2 Å². The van der Waals surface area contributed by atoms with Crippen LogP contribution in [0.4, 0.5) is 5.69 Å². The van der Waals surface area contributed by atoms with E-state index >= 15 is 0 Å². The zero-order valence-electron chi connectivity index (χ0n) is 25.5. The summed E-state index contributed by atoms with van der Waals surface area (Å²) >= 11 is 13.2. The third kappa shape index (κ3) is 6.75. The van der Waals surface area contributed by atoms with E-state index in [0.29, 0.717) is 33.1 Å². The molecule has 1 saturated carbocycles. The monoisotopic (exact) mass is 677 g/mol. The first-order valence-electron chi connectivity index (χ1n) is 15.8. The van der Waals surface area contributed by atoms with E-state index in [2.05, 4.69) is 5.32 Å². The molecule has 0 unspecified atom stereocenters. The van der Waals surface area contributed by atoms with Gasteiger partial charge in [0.2, 0.25) is 11.8 Å². The van der Waals surface area contributed by atoms with E-state index in [9.17, 15) is 18.0 Å². The molecule has 0 aromatic heterocycles. The van der Waals surface area contributed by atoms with Crippen molar-refractivity contribution in [2.75, 3.05) is 10.8 Å². The molecule has 0 radical (unpaired) electrons. The zero-order chi connectivity index (χ0) is 32.3. The summed E-state index contributed by atoms with van der Waals surface area (Å²) in [6.07, 6.45) is 5.69. The van der Waals surface area contributed by atoms with E-state index in [1.165, 1.54) is 4.31 Å². The van der Waals surface area contributed by atoms with Gasteiger partial charge >= 0.3 is 0 Å². The highest BCUT2D eigenvalue weighted by atomic mass is 35.5. The second-order valence-electron chi connectivity index (χ2n) is 12.1. The smallest absolute Gasteiger partial charge is 0.265 e. The van der Waals surface area contributed by atoms with E-state index < -0.39 is 16.1 Å². The van der Waals surface area contributed by atoms with E-state index in [1.807, 2.05) is 48.5 Å². The van der Waals surface area contributed by atoms with Crippen molar-refractivity contribution in [3.8, 4) is 0 Å². The molecule has 240 valence electrons. The van der Waals surface area contributed by atoms with Crippen molar-refractivity contribution in [3.63, 3.8) is 0 Å². The van der Waals surface area contributed by atoms with E-state index in [0.717, 1.165) is 43.1 Å². The number of hydrogen-bond acceptors (Lipinski definition) is 4. The van der Waals surface area contributed by atoms with Crippen molar-refractivity contribution in [2.24, 2.45) is 0 Å². The molecule has 10 heteroatoms. The molecule has 2 aliphatic rings. The molecular formula is C36H37Cl2N3O4S. The topological polar surface area (TPSA) is 86.8 Å². The first-order valence-corrected chi connectivity index (χ1v) is 18.0. The molecule has 4 aromatic rings. The van der Waals surface area contributed by atoms with Gasteiger partial charge in [-0.05, 0) is 54.5 Å². The Hall–Kier alpha value is -3.59. The predicted molar refractivity (Wildman–Crippen MR) is 184 cm³/mol. The van der Waals surface area contributed by atoms with Crippen LogP contribution in [0.5, 0.6) is 0 Å². The lowest BCUT2D eigenvalue weighted by Crippen LogP contribution is -2.53. The van der Waals surface area contributed by atoms with Crippen LogP contribution in [-0.4, -0.2) is 43.8 Å². The van der Waals surface area contributed by atoms with Gasteiger partial charge in [-0.2, -0.15) is 0 Å². The van der Waals surface area contributed by atoms with Crippen molar-refractivity contribution < 1.29 is 18.0 Å². The third-order valence-electron chi connectivity index (χ3n) is 9.05. The summed E-state index contributed by atoms with van der Waals surface area (Å²) in [6, 6.07) is 24.9. The highest BCUT2D eigenvalue weighted by Gasteiger charge is 2.36. The Labute approximate surface area is 280 Å². The second-order valence-corrected chi connectivity index (χ2v) is 14.7. The number of nitrogens with zero attached hydrogens (tertiary/aromatic N) is 2. The summed E-state index contributed by atoms with van der Waals surface area (Å²) in [5.74, 6) is -0.487. The molecular weight excluding hydrogens is 641 g/mol. The third-order valence-corrected chi connectivity index (χ3v) is 11.6. The van der Waals surface area contributed by atoms with Crippen LogP contribution in [0.15, 0.2) is 89.8 Å². The molecule has 1 N–H and O–H groups in total. The van der Waals surface area contributed by atoms with Gasteiger partial charge in [-0.1, -0.05) is 103 Å². The molecule has 6 rings (SSSR count). The summed E-state index contributed by atoms with van der Waals surface area (Å²) in [6.45, 7) is 0.167. The number of amides is 2. The molecule has 0 spiro atoms. The zero-order valence-corrected chi connectivity index (χ0v) is 27.8. The molecule has 2 amide bonds. The highest BCUT2D eigenvalue weighted by Crippen LogP contribution is 2.42. The fourth-order valence-corrected chi connectivity index (χ4v) is 8.93. The molecule has 1 heterocycles. The molecule has 0 bridgehead atoms. The Balaban J connectivity index is 1.27. The molecule has 1 fully saturated rings. The normalized spacial score (nSPS) is 16.3. The molecule has 7 nitrogen and oxygen atoms in total. The Kier molecular flexibility index (Phi) is 9.87. The number of halogens is 2. The van der Waals surface area contributed by atoms with Crippen molar-refractivity contribution in [2.45, 2.75) is 74.9 Å². The van der Waals surface area contributed by atoms with Crippen molar-refractivity contribution in [1.29, 1.82) is 0 Å². The molecule has 1 atom stereocenters. The van der Waals surface area contributed by atoms with Crippen LogP contribution in [-0.2, 0) is 32.6 Å². The van der Waals surface area contributed by atoms with Crippen LogP contribution in [0, 0.1) is 0 Å². The van der Waals surface area contributed by atoms with Gasteiger partial charge in [0.15, 0.2) is 0 Å². The number of rotatable bonds is 11. The van der Waals surface area contributed by atoms with Gasteiger partial charge in [0.1, 0.15) is 6.04 Å². The Morgan fingerprint density at radius 2 is 1.54 bits per heavy atom. The van der Waals surface area contributed by atoms with Gasteiger partial charge < -0.3 is 10.2 Å². The van der Waals surface area contributed by atoms with Crippen molar-refractivity contribution >= 4 is 61.5 Å². The van der Waals surface area contributed by atoms with E-state index in [-0.39, 0.29) is 48.7 Å². The number of carbonyl (C=O) groups excluding carboxylic acids is 2. The standard InChI is InChI=1S/C36H37Cl2N3O4S/c37-29-17-9-18-30(38)28(29)24-40(32(23-25-11-3-1-4-12-25)36(43)39-27-15-5-2-6-16-27)34(42)21-10-22-41-31-19-7-13-26-14-8-20-33(35(26)31)46(41,44)45/h1,3-4,7-9,11-14,17-20,27,32H,2,5-6,10,15-16,21-24H2,(H,39,43)/t32-/m1/s1. The summed E-state index contributed by atoms with van der Waals surface area (Å²) in [4.78, 5) is 30.2. The van der Waals surface area contributed by atoms with Crippen LogP contribution in [0.25, 0.3) is 10.8 Å². The number of carbonyl (C=O) groups is 2. The van der Waals surface area contributed by atoms with Crippen LogP contribution >= 0.6 is 23.2 Å². The maximum Gasteiger partial charge on any atom is 0.265 e. The minimum Gasteiger partial charge on any atom is -0.352 e. The van der Waals surface area contributed by atoms with Crippen molar-refractivity contribution in [1.82, 2.24) is 10.2 Å². The molecule has 1 aliphatic heterocycles. The molecule has 4 aromatic carbocycles. The lowest BCUT2D eigenvalue weighted by molar-refractivity contribution is -0.141. The van der Waals surface area contributed by atoms with Crippen molar-refractivity contribution in [3.05, 3.63) is 106 Å². The Bertz CT molecular complexity index is 1820. The highest BCUT2D eigenvalue weighted by molar-refractivity contribution is 7.93. The average molecular weight is 679 g/mol. The molecule has 46 heavy (non-hydrogen) atoms. The first kappa shape index (κ1) is 32.4. The van der Waals surface area contributed by atoms with Gasteiger partial charge in [-0.15, -0.1) is 0 Å². The van der Waals surface area contributed by atoms with Gasteiger partial charge in [-0.25, -0.2) is 8.42 Å².